The van der Waals surface area contributed by atoms with E-state index in [9.17, 15) is 4.79 Å². The van der Waals surface area contributed by atoms with E-state index in [1.165, 1.54) is 16.0 Å². The highest BCUT2D eigenvalue weighted by Crippen LogP contribution is 2.28. The van der Waals surface area contributed by atoms with Gasteiger partial charge in [-0.25, -0.2) is 4.79 Å². The number of oxime groups is 1. The van der Waals surface area contributed by atoms with Gasteiger partial charge in [0.25, 0.3) is 0 Å². The van der Waals surface area contributed by atoms with E-state index < -0.39 is 5.97 Å². The van der Waals surface area contributed by atoms with Crippen LogP contribution in [-0.2, 0) is 14.4 Å². The lowest BCUT2D eigenvalue weighted by molar-refractivity contribution is -0.148. The second-order valence-corrected chi connectivity index (χ2v) is 5.87. The second-order valence-electron chi connectivity index (χ2n) is 4.79. The molecular weight excluding hydrogens is 298 g/mol. The zero-order valence-electron chi connectivity index (χ0n) is 13.0. The fourth-order valence-corrected chi connectivity index (χ4v) is 2.78. The topological polar surface area (TPSA) is 47.9 Å². The van der Waals surface area contributed by atoms with Crippen LogP contribution in [0.2, 0.25) is 0 Å². The highest BCUT2D eigenvalue weighted by Gasteiger charge is 2.07. The van der Waals surface area contributed by atoms with Crippen LogP contribution < -0.4 is 0 Å². The minimum Gasteiger partial charge on any atom is -0.463 e. The zero-order chi connectivity index (χ0) is 15.9. The summed E-state index contributed by atoms with van der Waals surface area (Å²) < 4.78 is 4.77. The Hall–Kier alpha value is -2.14. The molecule has 22 heavy (non-hydrogen) atoms. The Balaban J connectivity index is 2.01. The van der Waals surface area contributed by atoms with Gasteiger partial charge >= 0.3 is 5.97 Å². The molecule has 4 nitrogen and oxygen atoms in total. The summed E-state index contributed by atoms with van der Waals surface area (Å²) in [4.78, 5) is 18.4. The van der Waals surface area contributed by atoms with E-state index in [1.54, 1.807) is 18.3 Å². The van der Waals surface area contributed by atoms with Gasteiger partial charge in [0.15, 0.2) is 0 Å². The molecule has 116 valence electrons. The molecule has 0 saturated carbocycles. The average Bonchev–Trinajstić information content (AvgIpc) is 2.98. The van der Waals surface area contributed by atoms with Crippen molar-refractivity contribution in [3.63, 3.8) is 0 Å². The molecule has 2 aromatic rings. The van der Waals surface area contributed by atoms with Crippen LogP contribution in [0.5, 0.6) is 0 Å². The van der Waals surface area contributed by atoms with E-state index in [1.807, 2.05) is 13.0 Å². The summed E-state index contributed by atoms with van der Waals surface area (Å²) in [5.41, 5.74) is 3.17. The van der Waals surface area contributed by atoms with Gasteiger partial charge in [0.1, 0.15) is 0 Å². The molecular formula is C17H19NO3S. The first-order chi connectivity index (χ1) is 10.6. The summed E-state index contributed by atoms with van der Waals surface area (Å²) in [6.45, 7) is 5.86. The lowest BCUT2D eigenvalue weighted by atomic mass is 10.1. The molecule has 0 radical (unpaired) electrons. The van der Waals surface area contributed by atoms with Crippen molar-refractivity contribution in [2.24, 2.45) is 5.16 Å². The van der Waals surface area contributed by atoms with E-state index >= 15 is 0 Å². The van der Waals surface area contributed by atoms with Gasteiger partial charge in [0, 0.05) is 4.88 Å². The van der Waals surface area contributed by atoms with Crippen LogP contribution in [0, 0.1) is 6.92 Å². The van der Waals surface area contributed by atoms with Gasteiger partial charge in [0.2, 0.25) is 6.61 Å². The van der Waals surface area contributed by atoms with Gasteiger partial charge in [-0.1, -0.05) is 35.0 Å². The van der Waals surface area contributed by atoms with Crippen molar-refractivity contribution in [1.29, 1.82) is 0 Å². The largest absolute Gasteiger partial charge is 0.463 e. The SMILES string of the molecule is CCOC(=O)CO/N=C(\C)c1ccc(-c2ccc(C)cc2)s1. The smallest absolute Gasteiger partial charge is 0.347 e. The Labute approximate surface area is 134 Å². The minimum atomic E-state index is -0.412. The van der Waals surface area contributed by atoms with E-state index in [-0.39, 0.29) is 6.61 Å². The fourth-order valence-electron chi connectivity index (χ4n) is 1.83. The lowest BCUT2D eigenvalue weighted by Gasteiger charge is -2.01. The number of rotatable bonds is 6. The van der Waals surface area contributed by atoms with E-state index in [4.69, 9.17) is 9.57 Å². The summed E-state index contributed by atoms with van der Waals surface area (Å²) in [5.74, 6) is -0.412. The monoisotopic (exact) mass is 317 g/mol. The molecule has 0 fully saturated rings. The van der Waals surface area contributed by atoms with Crippen LogP contribution in [0.1, 0.15) is 24.3 Å². The molecule has 0 aliphatic rings. The summed E-state index contributed by atoms with van der Waals surface area (Å²) >= 11 is 1.64. The Morgan fingerprint density at radius 3 is 2.59 bits per heavy atom. The number of ether oxygens (including phenoxy) is 1. The van der Waals surface area contributed by atoms with Crippen molar-refractivity contribution in [2.45, 2.75) is 20.8 Å². The van der Waals surface area contributed by atoms with Crippen LogP contribution in [0.3, 0.4) is 0 Å². The van der Waals surface area contributed by atoms with Gasteiger partial charge < -0.3 is 9.57 Å². The van der Waals surface area contributed by atoms with Gasteiger partial charge in [-0.15, -0.1) is 11.3 Å². The first kappa shape index (κ1) is 16.2. The summed E-state index contributed by atoms with van der Waals surface area (Å²) in [6, 6.07) is 12.5. The van der Waals surface area contributed by atoms with Crippen molar-refractivity contribution in [3.05, 3.63) is 46.8 Å². The van der Waals surface area contributed by atoms with E-state index in [0.29, 0.717) is 6.61 Å². The predicted octanol–water partition coefficient (Wildman–Crippen LogP) is 4.03. The van der Waals surface area contributed by atoms with Crippen LogP contribution >= 0.6 is 11.3 Å². The molecule has 0 saturated heterocycles. The number of benzene rings is 1. The van der Waals surface area contributed by atoms with Crippen molar-refractivity contribution in [2.75, 3.05) is 13.2 Å². The van der Waals surface area contributed by atoms with Crippen molar-refractivity contribution in [3.8, 4) is 10.4 Å². The maximum Gasteiger partial charge on any atom is 0.347 e. The maximum atomic E-state index is 11.2. The van der Waals surface area contributed by atoms with Gasteiger partial charge in [-0.2, -0.15) is 0 Å². The molecule has 1 aromatic carbocycles. The van der Waals surface area contributed by atoms with E-state index in [2.05, 4.69) is 42.4 Å². The van der Waals surface area contributed by atoms with Crippen LogP contribution in [-0.4, -0.2) is 24.9 Å². The predicted molar refractivity (Wildman–Crippen MR) is 89.3 cm³/mol. The lowest BCUT2D eigenvalue weighted by Crippen LogP contribution is -2.10. The van der Waals surface area contributed by atoms with Crippen LogP contribution in [0.25, 0.3) is 10.4 Å². The number of esters is 1. The van der Waals surface area contributed by atoms with Gasteiger partial charge in [-0.3, -0.25) is 0 Å². The molecule has 0 amide bonds. The number of aryl methyl sites for hydroxylation is 1. The van der Waals surface area contributed by atoms with E-state index in [0.717, 1.165) is 10.6 Å². The van der Waals surface area contributed by atoms with Gasteiger partial charge in [-0.05, 0) is 38.5 Å². The molecule has 0 aliphatic carbocycles. The number of hydrogen-bond donors (Lipinski definition) is 0. The Morgan fingerprint density at radius 1 is 1.18 bits per heavy atom. The third kappa shape index (κ3) is 4.43. The zero-order valence-corrected chi connectivity index (χ0v) is 13.8. The Bertz CT molecular complexity index is 659. The summed E-state index contributed by atoms with van der Waals surface area (Å²) in [7, 11) is 0. The average molecular weight is 317 g/mol. The Kier molecular flexibility index (Phi) is 5.72. The quantitative estimate of drug-likeness (QED) is 0.459. The highest BCUT2D eigenvalue weighted by atomic mass is 32.1. The normalized spacial score (nSPS) is 11.3. The van der Waals surface area contributed by atoms with Gasteiger partial charge in [0.05, 0.1) is 17.2 Å². The fraction of sp³-hybridized carbons (Fsp3) is 0.294. The van der Waals surface area contributed by atoms with Crippen LogP contribution in [0.15, 0.2) is 41.6 Å². The third-order valence-electron chi connectivity index (χ3n) is 2.99. The van der Waals surface area contributed by atoms with Crippen molar-refractivity contribution >= 4 is 23.0 Å². The molecule has 2 rings (SSSR count). The molecule has 1 heterocycles. The number of hydrogen-bond acceptors (Lipinski definition) is 5. The van der Waals surface area contributed by atoms with Crippen molar-refractivity contribution in [1.82, 2.24) is 0 Å². The van der Waals surface area contributed by atoms with Crippen LogP contribution in [0.4, 0.5) is 0 Å². The third-order valence-corrected chi connectivity index (χ3v) is 4.23. The standard InChI is InChI=1S/C17H19NO3S/c1-4-20-17(19)11-21-18-13(3)15-9-10-16(22-15)14-7-5-12(2)6-8-14/h5-10H,4,11H2,1-3H3/b18-13+. The number of carbonyl (C=O) groups is 1. The molecule has 1 aromatic heterocycles. The first-order valence-corrected chi connectivity index (χ1v) is 7.91. The summed E-state index contributed by atoms with van der Waals surface area (Å²) in [5, 5.41) is 3.96. The number of carbonyl (C=O) groups excluding carboxylic acids is 1. The second kappa shape index (κ2) is 7.75. The minimum absolute atomic E-state index is 0.165. The number of nitrogens with zero attached hydrogens (tertiary/aromatic N) is 1. The maximum absolute atomic E-state index is 11.2. The highest BCUT2D eigenvalue weighted by molar-refractivity contribution is 7.17. The van der Waals surface area contributed by atoms with Crippen molar-refractivity contribution < 1.29 is 14.4 Å². The molecule has 0 spiro atoms. The molecule has 0 atom stereocenters. The molecule has 0 bridgehead atoms. The summed E-state index contributed by atoms with van der Waals surface area (Å²) in [6.07, 6.45) is 0. The molecule has 0 aliphatic heterocycles. The first-order valence-electron chi connectivity index (χ1n) is 7.09. The molecule has 0 N–H and O–H groups in total. The number of thiophene rings is 1. The molecule has 0 unspecified atom stereocenters. The molecule has 5 heteroatoms. The Morgan fingerprint density at radius 2 is 1.91 bits per heavy atom.